The number of aliphatic hydroxyl groups is 1. The molecule has 0 heterocycles. The summed E-state index contributed by atoms with van der Waals surface area (Å²) >= 11 is 0. The van der Waals surface area contributed by atoms with Crippen LogP contribution in [-0.2, 0) is 0 Å². The molecule has 0 saturated heterocycles. The number of aliphatic hydroxyl groups excluding tert-OH is 1. The van der Waals surface area contributed by atoms with Crippen LogP contribution in [0.1, 0.15) is 45.7 Å². The minimum absolute atomic E-state index is 0.122. The molecule has 108 valence electrons. The zero-order valence-electron chi connectivity index (χ0n) is 12.7. The Morgan fingerprint density at radius 2 is 1.79 bits per heavy atom. The van der Waals surface area contributed by atoms with Crippen LogP contribution in [0.25, 0.3) is 0 Å². The van der Waals surface area contributed by atoms with Gasteiger partial charge in [-0.3, -0.25) is 0 Å². The van der Waals surface area contributed by atoms with Gasteiger partial charge in [-0.25, -0.2) is 0 Å². The maximum atomic E-state index is 9.48. The molecule has 0 spiro atoms. The number of nitrogens with one attached hydrogen (secondary N) is 1. The number of ether oxygens (including phenoxy) is 1. The van der Waals surface area contributed by atoms with Crippen molar-refractivity contribution in [2.75, 3.05) is 13.7 Å². The lowest BCUT2D eigenvalue weighted by atomic mass is 9.88. The topological polar surface area (TPSA) is 41.5 Å². The van der Waals surface area contributed by atoms with Crippen molar-refractivity contribution in [3.63, 3.8) is 0 Å². The molecule has 2 unspecified atom stereocenters. The molecule has 2 N–H and O–H groups in total. The Labute approximate surface area is 117 Å². The number of benzene rings is 1. The highest BCUT2D eigenvalue weighted by Gasteiger charge is 2.20. The largest absolute Gasteiger partial charge is 0.497 e. The summed E-state index contributed by atoms with van der Waals surface area (Å²) in [7, 11) is 1.67. The van der Waals surface area contributed by atoms with E-state index < -0.39 is 0 Å². The SMILES string of the molecule is COc1ccc(C(C)NC(CO)CC(C)(C)C)cc1. The summed E-state index contributed by atoms with van der Waals surface area (Å²) in [5.74, 6) is 0.865. The molecule has 0 bridgehead atoms. The summed E-state index contributed by atoms with van der Waals surface area (Å²) in [4.78, 5) is 0. The molecule has 1 aromatic carbocycles. The molecule has 0 aliphatic rings. The lowest BCUT2D eigenvalue weighted by molar-refractivity contribution is 0.190. The average molecular weight is 265 g/mol. The fourth-order valence-corrected chi connectivity index (χ4v) is 2.26. The Morgan fingerprint density at radius 3 is 2.21 bits per heavy atom. The second-order valence-corrected chi connectivity index (χ2v) is 6.31. The summed E-state index contributed by atoms with van der Waals surface area (Å²) < 4.78 is 5.16. The fraction of sp³-hybridized carbons (Fsp3) is 0.625. The molecule has 0 aliphatic carbocycles. The van der Waals surface area contributed by atoms with E-state index in [-0.39, 0.29) is 24.1 Å². The van der Waals surface area contributed by atoms with E-state index in [0.29, 0.717) is 0 Å². The van der Waals surface area contributed by atoms with Crippen molar-refractivity contribution in [3.05, 3.63) is 29.8 Å². The van der Waals surface area contributed by atoms with Gasteiger partial charge in [-0.2, -0.15) is 0 Å². The minimum Gasteiger partial charge on any atom is -0.497 e. The Bertz CT molecular complexity index is 367. The van der Waals surface area contributed by atoms with E-state index in [0.717, 1.165) is 12.2 Å². The van der Waals surface area contributed by atoms with Crippen molar-refractivity contribution < 1.29 is 9.84 Å². The second-order valence-electron chi connectivity index (χ2n) is 6.31. The zero-order chi connectivity index (χ0) is 14.5. The standard InChI is InChI=1S/C16H27NO2/c1-12(13-6-8-15(19-5)9-7-13)17-14(11-18)10-16(2,3)4/h6-9,12,14,17-18H,10-11H2,1-5H3. The predicted octanol–water partition coefficient (Wildman–Crippen LogP) is 3.14. The van der Waals surface area contributed by atoms with E-state index in [2.05, 4.69) is 45.1 Å². The third-order valence-corrected chi connectivity index (χ3v) is 3.18. The molecule has 0 radical (unpaired) electrons. The van der Waals surface area contributed by atoms with Crippen LogP contribution in [0.4, 0.5) is 0 Å². The molecule has 0 aromatic heterocycles. The van der Waals surface area contributed by atoms with Crippen LogP contribution >= 0.6 is 0 Å². The van der Waals surface area contributed by atoms with Crippen molar-refractivity contribution in [1.82, 2.24) is 5.32 Å². The molecule has 1 aromatic rings. The summed E-state index contributed by atoms with van der Waals surface area (Å²) in [6.07, 6.45) is 0.948. The number of hydrogen-bond acceptors (Lipinski definition) is 3. The maximum Gasteiger partial charge on any atom is 0.118 e. The Kier molecular flexibility index (Phi) is 5.83. The highest BCUT2D eigenvalue weighted by molar-refractivity contribution is 5.28. The van der Waals surface area contributed by atoms with E-state index in [9.17, 15) is 5.11 Å². The van der Waals surface area contributed by atoms with Crippen molar-refractivity contribution in [3.8, 4) is 5.75 Å². The zero-order valence-corrected chi connectivity index (χ0v) is 12.7. The van der Waals surface area contributed by atoms with Crippen LogP contribution in [-0.4, -0.2) is 24.9 Å². The van der Waals surface area contributed by atoms with Crippen LogP contribution in [0.5, 0.6) is 5.75 Å². The summed E-state index contributed by atoms with van der Waals surface area (Å²) in [5.41, 5.74) is 1.41. The van der Waals surface area contributed by atoms with Gasteiger partial charge in [-0.15, -0.1) is 0 Å². The fourth-order valence-electron chi connectivity index (χ4n) is 2.26. The molecule has 3 nitrogen and oxygen atoms in total. The van der Waals surface area contributed by atoms with Gasteiger partial charge in [0.2, 0.25) is 0 Å². The van der Waals surface area contributed by atoms with Crippen LogP contribution in [0.15, 0.2) is 24.3 Å². The normalized spacial score (nSPS) is 15.1. The average Bonchev–Trinajstić information content (AvgIpc) is 2.36. The van der Waals surface area contributed by atoms with Gasteiger partial charge < -0.3 is 15.2 Å². The monoisotopic (exact) mass is 265 g/mol. The van der Waals surface area contributed by atoms with Gasteiger partial charge in [0.1, 0.15) is 5.75 Å². The van der Waals surface area contributed by atoms with Crippen molar-refractivity contribution in [2.45, 2.75) is 46.2 Å². The Hall–Kier alpha value is -1.06. The number of methoxy groups -OCH3 is 1. The van der Waals surface area contributed by atoms with E-state index in [4.69, 9.17) is 4.74 Å². The molecule has 2 atom stereocenters. The van der Waals surface area contributed by atoms with Gasteiger partial charge >= 0.3 is 0 Å². The van der Waals surface area contributed by atoms with Gasteiger partial charge in [0, 0.05) is 12.1 Å². The van der Waals surface area contributed by atoms with E-state index in [1.54, 1.807) is 7.11 Å². The predicted molar refractivity (Wildman–Crippen MR) is 79.5 cm³/mol. The molecule has 1 rings (SSSR count). The highest BCUT2D eigenvalue weighted by Crippen LogP contribution is 2.23. The summed E-state index contributed by atoms with van der Waals surface area (Å²) in [5, 5.41) is 13.0. The van der Waals surface area contributed by atoms with Gasteiger partial charge in [0.15, 0.2) is 0 Å². The van der Waals surface area contributed by atoms with Gasteiger partial charge in [0.25, 0.3) is 0 Å². The van der Waals surface area contributed by atoms with Crippen molar-refractivity contribution >= 4 is 0 Å². The molecule has 3 heteroatoms. The van der Waals surface area contributed by atoms with Crippen LogP contribution in [0, 0.1) is 5.41 Å². The molecule has 0 saturated carbocycles. The minimum atomic E-state index is 0.122. The van der Waals surface area contributed by atoms with Gasteiger partial charge in [0.05, 0.1) is 13.7 Å². The second kappa shape index (κ2) is 6.92. The van der Waals surface area contributed by atoms with Crippen LogP contribution < -0.4 is 10.1 Å². The number of rotatable bonds is 6. The first kappa shape index (κ1) is 16.0. The van der Waals surface area contributed by atoms with Crippen molar-refractivity contribution in [1.29, 1.82) is 0 Å². The van der Waals surface area contributed by atoms with Crippen LogP contribution in [0.2, 0.25) is 0 Å². The molecule has 0 aliphatic heterocycles. The van der Waals surface area contributed by atoms with E-state index in [1.165, 1.54) is 5.56 Å². The third kappa shape index (κ3) is 5.62. The molecule has 0 fully saturated rings. The van der Waals surface area contributed by atoms with Crippen LogP contribution in [0.3, 0.4) is 0 Å². The van der Waals surface area contributed by atoms with E-state index in [1.807, 2.05) is 12.1 Å². The highest BCUT2D eigenvalue weighted by atomic mass is 16.5. The molecule has 19 heavy (non-hydrogen) atoms. The van der Waals surface area contributed by atoms with E-state index >= 15 is 0 Å². The van der Waals surface area contributed by atoms with Gasteiger partial charge in [-0.05, 0) is 36.5 Å². The molecule has 0 amide bonds. The maximum absolute atomic E-state index is 9.48. The molecular weight excluding hydrogens is 238 g/mol. The lowest BCUT2D eigenvalue weighted by Gasteiger charge is -2.28. The lowest BCUT2D eigenvalue weighted by Crippen LogP contribution is -2.37. The summed E-state index contributed by atoms with van der Waals surface area (Å²) in [6, 6.07) is 8.38. The first-order valence-electron chi connectivity index (χ1n) is 6.86. The quantitative estimate of drug-likeness (QED) is 0.830. The molecular formula is C16H27NO2. The van der Waals surface area contributed by atoms with Crippen molar-refractivity contribution in [2.24, 2.45) is 5.41 Å². The van der Waals surface area contributed by atoms with Gasteiger partial charge in [-0.1, -0.05) is 32.9 Å². The Balaban J connectivity index is 2.63. The number of hydrogen-bond donors (Lipinski definition) is 2. The first-order chi connectivity index (χ1) is 8.85. The first-order valence-corrected chi connectivity index (χ1v) is 6.86. The smallest absolute Gasteiger partial charge is 0.118 e. The summed E-state index contributed by atoms with van der Waals surface area (Å²) in [6.45, 7) is 8.85. The Morgan fingerprint density at radius 1 is 1.21 bits per heavy atom. The third-order valence-electron chi connectivity index (χ3n) is 3.18.